The van der Waals surface area contributed by atoms with Gasteiger partial charge < -0.3 is 14.5 Å². The van der Waals surface area contributed by atoms with Crippen LogP contribution in [-0.4, -0.2) is 5.91 Å². The van der Waals surface area contributed by atoms with Gasteiger partial charge in [-0.25, -0.2) is 0 Å². The van der Waals surface area contributed by atoms with Crippen LogP contribution >= 0.6 is 15.9 Å². The molecule has 0 radical (unpaired) electrons. The average Bonchev–Trinajstić information content (AvgIpc) is 3.11. The maximum absolute atomic E-state index is 12.4. The van der Waals surface area contributed by atoms with Crippen molar-refractivity contribution in [3.8, 4) is 5.75 Å². The molecule has 134 valence electrons. The third-order valence-electron chi connectivity index (χ3n) is 4.06. The maximum Gasteiger partial charge on any atom is 0.291 e. The highest BCUT2D eigenvalue weighted by Crippen LogP contribution is 2.24. The standard InChI is InChI=1S/C22H16BrNO3/c23-17-6-11-20-16(12-17)13-21(27-20)22(25)24-18-7-9-19(10-8-18)26-14-15-4-2-1-3-5-15/h1-13H,14H2,(H,24,25). The van der Waals surface area contributed by atoms with Crippen molar-refractivity contribution in [2.75, 3.05) is 5.32 Å². The zero-order valence-corrected chi connectivity index (χ0v) is 15.9. The number of hydrogen-bond donors (Lipinski definition) is 1. The molecule has 0 bridgehead atoms. The van der Waals surface area contributed by atoms with E-state index >= 15 is 0 Å². The lowest BCUT2D eigenvalue weighted by Crippen LogP contribution is -2.10. The number of halogens is 1. The molecule has 3 aromatic carbocycles. The van der Waals surface area contributed by atoms with Crippen LogP contribution in [-0.2, 0) is 6.61 Å². The first-order valence-corrected chi connectivity index (χ1v) is 9.24. The van der Waals surface area contributed by atoms with Crippen LogP contribution in [0, 0.1) is 0 Å². The summed E-state index contributed by atoms with van der Waals surface area (Å²) in [6, 6.07) is 24.6. The molecular weight excluding hydrogens is 406 g/mol. The van der Waals surface area contributed by atoms with Crippen molar-refractivity contribution in [2.24, 2.45) is 0 Å². The molecule has 0 spiro atoms. The van der Waals surface area contributed by atoms with E-state index in [1.54, 1.807) is 18.2 Å². The summed E-state index contributed by atoms with van der Waals surface area (Å²) >= 11 is 3.41. The van der Waals surface area contributed by atoms with Crippen molar-refractivity contribution in [3.63, 3.8) is 0 Å². The van der Waals surface area contributed by atoms with E-state index in [1.165, 1.54) is 0 Å². The van der Waals surface area contributed by atoms with Gasteiger partial charge in [0, 0.05) is 15.5 Å². The van der Waals surface area contributed by atoms with E-state index in [4.69, 9.17) is 9.15 Å². The van der Waals surface area contributed by atoms with Crippen LogP contribution in [0.25, 0.3) is 11.0 Å². The fourth-order valence-corrected chi connectivity index (χ4v) is 3.07. The Balaban J connectivity index is 1.40. The van der Waals surface area contributed by atoms with E-state index in [0.29, 0.717) is 17.9 Å². The first kappa shape index (κ1) is 17.4. The number of benzene rings is 3. The maximum atomic E-state index is 12.4. The van der Waals surface area contributed by atoms with Gasteiger partial charge in [0.1, 0.15) is 17.9 Å². The number of carbonyl (C=O) groups excluding carboxylic acids is 1. The van der Waals surface area contributed by atoms with Crippen molar-refractivity contribution in [1.82, 2.24) is 0 Å². The predicted molar refractivity (Wildman–Crippen MR) is 109 cm³/mol. The molecule has 27 heavy (non-hydrogen) atoms. The Hall–Kier alpha value is -3.05. The van der Waals surface area contributed by atoms with Gasteiger partial charge >= 0.3 is 0 Å². The van der Waals surface area contributed by atoms with Gasteiger partial charge in [0.25, 0.3) is 5.91 Å². The van der Waals surface area contributed by atoms with Crippen LogP contribution in [0.1, 0.15) is 16.1 Å². The van der Waals surface area contributed by atoms with Crippen LogP contribution < -0.4 is 10.1 Å². The lowest BCUT2D eigenvalue weighted by Gasteiger charge is -2.08. The fourth-order valence-electron chi connectivity index (χ4n) is 2.69. The molecule has 0 atom stereocenters. The van der Waals surface area contributed by atoms with Crippen molar-refractivity contribution in [2.45, 2.75) is 6.61 Å². The molecular formula is C22H16BrNO3. The molecule has 1 N–H and O–H groups in total. The summed E-state index contributed by atoms with van der Waals surface area (Å²) in [5.74, 6) is 0.721. The zero-order valence-electron chi connectivity index (χ0n) is 14.3. The van der Waals surface area contributed by atoms with Crippen LogP contribution in [0.4, 0.5) is 5.69 Å². The van der Waals surface area contributed by atoms with Crippen molar-refractivity contribution in [1.29, 1.82) is 0 Å². The highest BCUT2D eigenvalue weighted by atomic mass is 79.9. The van der Waals surface area contributed by atoms with Crippen LogP contribution in [0.15, 0.2) is 87.8 Å². The lowest BCUT2D eigenvalue weighted by molar-refractivity contribution is 0.0998. The third kappa shape index (κ3) is 4.20. The number of furan rings is 1. The number of anilines is 1. The molecule has 4 rings (SSSR count). The van der Waals surface area contributed by atoms with Crippen molar-refractivity contribution < 1.29 is 13.9 Å². The summed E-state index contributed by atoms with van der Waals surface area (Å²) in [5.41, 5.74) is 2.45. The molecule has 0 saturated carbocycles. The van der Waals surface area contributed by atoms with Gasteiger partial charge in [-0.15, -0.1) is 0 Å². The van der Waals surface area contributed by atoms with Gasteiger partial charge in [-0.2, -0.15) is 0 Å². The van der Waals surface area contributed by atoms with E-state index in [-0.39, 0.29) is 11.7 Å². The van der Waals surface area contributed by atoms with Gasteiger partial charge in [-0.05, 0) is 54.1 Å². The molecule has 1 heterocycles. The first-order chi connectivity index (χ1) is 13.2. The number of fused-ring (bicyclic) bond motifs is 1. The summed E-state index contributed by atoms with van der Waals surface area (Å²) in [6.45, 7) is 0.501. The third-order valence-corrected chi connectivity index (χ3v) is 4.56. The molecule has 0 aliphatic heterocycles. The number of ether oxygens (including phenoxy) is 1. The summed E-state index contributed by atoms with van der Waals surface area (Å²) in [7, 11) is 0. The molecule has 0 aliphatic rings. The molecule has 4 aromatic rings. The largest absolute Gasteiger partial charge is 0.489 e. The van der Waals surface area contributed by atoms with Crippen LogP contribution in [0.2, 0.25) is 0 Å². The molecule has 0 saturated heterocycles. The summed E-state index contributed by atoms with van der Waals surface area (Å²) in [6.07, 6.45) is 0. The number of nitrogens with one attached hydrogen (secondary N) is 1. The van der Waals surface area contributed by atoms with E-state index < -0.39 is 0 Å². The summed E-state index contributed by atoms with van der Waals surface area (Å²) in [4.78, 5) is 12.4. The molecule has 4 nitrogen and oxygen atoms in total. The Bertz CT molecular complexity index is 1070. The van der Waals surface area contributed by atoms with Gasteiger partial charge in [-0.3, -0.25) is 4.79 Å². The lowest BCUT2D eigenvalue weighted by atomic mass is 10.2. The normalized spacial score (nSPS) is 10.7. The quantitative estimate of drug-likeness (QED) is 0.428. The second-order valence-electron chi connectivity index (χ2n) is 6.05. The SMILES string of the molecule is O=C(Nc1ccc(OCc2ccccc2)cc1)c1cc2cc(Br)ccc2o1. The smallest absolute Gasteiger partial charge is 0.291 e. The van der Waals surface area contributed by atoms with Gasteiger partial charge in [0.05, 0.1) is 0 Å². The zero-order chi connectivity index (χ0) is 18.6. The molecule has 0 unspecified atom stereocenters. The van der Waals surface area contributed by atoms with Gasteiger partial charge in [0.15, 0.2) is 5.76 Å². The second kappa shape index (κ2) is 7.68. The van der Waals surface area contributed by atoms with Gasteiger partial charge in [0.2, 0.25) is 0 Å². The Morgan fingerprint density at radius 1 is 0.963 bits per heavy atom. The minimum Gasteiger partial charge on any atom is -0.489 e. The Labute approximate surface area is 164 Å². The Morgan fingerprint density at radius 2 is 1.74 bits per heavy atom. The highest BCUT2D eigenvalue weighted by molar-refractivity contribution is 9.10. The molecule has 0 fully saturated rings. The summed E-state index contributed by atoms with van der Waals surface area (Å²) < 4.78 is 12.3. The predicted octanol–water partition coefficient (Wildman–Crippen LogP) is 6.03. The number of rotatable bonds is 5. The minimum absolute atomic E-state index is 0.271. The summed E-state index contributed by atoms with van der Waals surface area (Å²) in [5, 5.41) is 3.71. The highest BCUT2D eigenvalue weighted by Gasteiger charge is 2.13. The van der Waals surface area contributed by atoms with E-state index in [0.717, 1.165) is 21.2 Å². The second-order valence-corrected chi connectivity index (χ2v) is 6.96. The number of carbonyl (C=O) groups is 1. The Morgan fingerprint density at radius 3 is 2.52 bits per heavy atom. The van der Waals surface area contributed by atoms with Crippen LogP contribution in [0.5, 0.6) is 5.75 Å². The molecule has 1 amide bonds. The monoisotopic (exact) mass is 421 g/mol. The van der Waals surface area contributed by atoms with E-state index in [9.17, 15) is 4.79 Å². The topological polar surface area (TPSA) is 51.5 Å². The minimum atomic E-state index is -0.291. The van der Waals surface area contributed by atoms with E-state index in [2.05, 4.69) is 21.2 Å². The molecule has 0 aliphatic carbocycles. The Kier molecular flexibility index (Phi) is 4.94. The van der Waals surface area contributed by atoms with Crippen molar-refractivity contribution >= 4 is 38.5 Å². The van der Waals surface area contributed by atoms with Gasteiger partial charge in [-0.1, -0.05) is 46.3 Å². The first-order valence-electron chi connectivity index (χ1n) is 8.45. The fraction of sp³-hybridized carbons (Fsp3) is 0.0455. The number of hydrogen-bond acceptors (Lipinski definition) is 3. The van der Waals surface area contributed by atoms with Crippen LogP contribution in [0.3, 0.4) is 0 Å². The van der Waals surface area contributed by atoms with Crippen molar-refractivity contribution in [3.05, 3.63) is 94.7 Å². The molecule has 1 aromatic heterocycles. The average molecular weight is 422 g/mol. The number of amides is 1. The molecule has 5 heteroatoms. The van der Waals surface area contributed by atoms with E-state index in [1.807, 2.05) is 60.7 Å².